The van der Waals surface area contributed by atoms with Crippen LogP contribution in [0, 0.1) is 12.7 Å². The smallest absolute Gasteiger partial charge is 0.350 e. The van der Waals surface area contributed by atoms with Crippen LogP contribution in [0.2, 0.25) is 0 Å². The van der Waals surface area contributed by atoms with Gasteiger partial charge in [0.2, 0.25) is 0 Å². The van der Waals surface area contributed by atoms with Crippen molar-refractivity contribution in [3.63, 3.8) is 0 Å². The maximum atomic E-state index is 13.9. The molecule has 3 aromatic rings. The molecule has 8 heteroatoms. The molecule has 0 aliphatic heterocycles. The van der Waals surface area contributed by atoms with Gasteiger partial charge in [-0.15, -0.1) is 0 Å². The number of amides is 1. The van der Waals surface area contributed by atoms with E-state index in [0.29, 0.717) is 21.5 Å². The second kappa shape index (κ2) is 7.09. The molecule has 0 aliphatic carbocycles. The number of esters is 1. The van der Waals surface area contributed by atoms with Crippen molar-refractivity contribution < 1.29 is 18.7 Å². The van der Waals surface area contributed by atoms with Crippen LogP contribution in [0.4, 0.5) is 9.52 Å². The highest BCUT2D eigenvalue weighted by Crippen LogP contribution is 2.26. The second-order valence-electron chi connectivity index (χ2n) is 5.54. The van der Waals surface area contributed by atoms with E-state index in [1.54, 1.807) is 30.7 Å². The summed E-state index contributed by atoms with van der Waals surface area (Å²) >= 11 is 1.02. The van der Waals surface area contributed by atoms with Gasteiger partial charge < -0.3 is 9.30 Å². The number of aryl methyl sites for hydroxylation is 2. The molecule has 0 unspecified atom stereocenters. The van der Waals surface area contributed by atoms with Crippen LogP contribution >= 0.6 is 11.3 Å². The first-order chi connectivity index (χ1) is 12.4. The van der Waals surface area contributed by atoms with Gasteiger partial charge in [-0.3, -0.25) is 10.1 Å². The van der Waals surface area contributed by atoms with E-state index in [1.807, 2.05) is 0 Å². The molecule has 1 amide bonds. The molecular weight excluding hydrogens is 357 g/mol. The van der Waals surface area contributed by atoms with E-state index in [9.17, 15) is 14.0 Å². The van der Waals surface area contributed by atoms with Crippen molar-refractivity contribution in [3.05, 3.63) is 59.0 Å². The minimum absolute atomic E-state index is 0.0966. The van der Waals surface area contributed by atoms with Gasteiger partial charge >= 0.3 is 5.97 Å². The maximum absolute atomic E-state index is 13.9. The molecule has 0 saturated carbocycles. The zero-order valence-corrected chi connectivity index (χ0v) is 15.0. The summed E-state index contributed by atoms with van der Waals surface area (Å²) in [4.78, 5) is 29.0. The normalized spacial score (nSPS) is 10.7. The number of aromatic nitrogens is 2. The first kappa shape index (κ1) is 17.8. The van der Waals surface area contributed by atoms with Gasteiger partial charge in [0.05, 0.1) is 11.2 Å². The largest absolute Gasteiger partial charge is 0.457 e. The van der Waals surface area contributed by atoms with Crippen LogP contribution in [-0.2, 0) is 11.8 Å². The lowest BCUT2D eigenvalue weighted by molar-refractivity contribution is 0.0554. The highest BCUT2D eigenvalue weighted by atomic mass is 32.1. The lowest BCUT2D eigenvalue weighted by Gasteiger charge is -2.03. The van der Waals surface area contributed by atoms with Gasteiger partial charge in [-0.1, -0.05) is 30.1 Å². The van der Waals surface area contributed by atoms with E-state index >= 15 is 0 Å². The Morgan fingerprint density at radius 1 is 1.46 bits per heavy atom. The first-order valence-corrected chi connectivity index (χ1v) is 8.54. The third kappa shape index (κ3) is 3.23. The number of fused-ring (bicyclic) bond motifs is 1. The number of carbonyl (C=O) groups is 2. The average Bonchev–Trinajstić information content (AvgIpc) is 3.14. The molecule has 0 atom stereocenters. The molecule has 0 fully saturated rings. The van der Waals surface area contributed by atoms with E-state index < -0.39 is 17.7 Å². The van der Waals surface area contributed by atoms with Gasteiger partial charge in [-0.25, -0.2) is 14.2 Å². The predicted molar refractivity (Wildman–Crippen MR) is 98.2 cm³/mol. The minimum atomic E-state index is -0.521. The van der Waals surface area contributed by atoms with Crippen LogP contribution in [0.25, 0.3) is 10.9 Å². The van der Waals surface area contributed by atoms with Crippen molar-refractivity contribution in [1.82, 2.24) is 9.55 Å². The Kier molecular flexibility index (Phi) is 4.85. The number of carbonyl (C=O) groups excluding carboxylic acids is 2. The molecule has 0 bridgehead atoms. The van der Waals surface area contributed by atoms with E-state index in [1.165, 1.54) is 18.2 Å². The number of hydrogen-bond donors (Lipinski definition) is 1. The SMILES string of the molecule is C=CCOC(=O)c1sc(NC(=O)c2cc3c(F)cccc3n2C)nc1C. The summed E-state index contributed by atoms with van der Waals surface area (Å²) in [6.07, 6.45) is 1.47. The molecule has 0 aliphatic rings. The van der Waals surface area contributed by atoms with Crippen LogP contribution in [0.1, 0.15) is 25.9 Å². The number of anilines is 1. The Hall–Kier alpha value is -3.00. The molecule has 1 aromatic carbocycles. The molecule has 1 N–H and O–H groups in total. The van der Waals surface area contributed by atoms with Crippen molar-refractivity contribution in [3.8, 4) is 0 Å². The van der Waals surface area contributed by atoms with Crippen molar-refractivity contribution in [2.45, 2.75) is 6.92 Å². The predicted octanol–water partition coefficient (Wildman–Crippen LogP) is 3.68. The van der Waals surface area contributed by atoms with Gasteiger partial charge in [0.25, 0.3) is 5.91 Å². The Morgan fingerprint density at radius 3 is 2.92 bits per heavy atom. The molecule has 2 heterocycles. The van der Waals surface area contributed by atoms with Crippen LogP contribution in [0.15, 0.2) is 36.9 Å². The maximum Gasteiger partial charge on any atom is 0.350 e. The fourth-order valence-electron chi connectivity index (χ4n) is 2.54. The molecule has 0 saturated heterocycles. The summed E-state index contributed by atoms with van der Waals surface area (Å²) in [5, 5.41) is 3.28. The number of hydrogen-bond acceptors (Lipinski definition) is 5. The standard InChI is InChI=1S/C18H16FN3O3S/c1-4-8-25-17(24)15-10(2)20-18(26-15)21-16(23)14-9-11-12(19)6-5-7-13(11)22(14)3/h4-7,9H,1,8H2,2-3H3,(H,20,21,23). The van der Waals surface area contributed by atoms with E-state index in [0.717, 1.165) is 11.3 Å². The number of ether oxygens (including phenoxy) is 1. The van der Waals surface area contributed by atoms with Gasteiger partial charge in [0.15, 0.2) is 5.13 Å². The monoisotopic (exact) mass is 373 g/mol. The Labute approximate surface area is 152 Å². The Bertz CT molecular complexity index is 1020. The van der Waals surface area contributed by atoms with Crippen molar-refractivity contribution in [2.24, 2.45) is 7.05 Å². The first-order valence-electron chi connectivity index (χ1n) is 7.73. The topological polar surface area (TPSA) is 73.2 Å². The Balaban J connectivity index is 1.85. The lowest BCUT2D eigenvalue weighted by atomic mass is 10.2. The van der Waals surface area contributed by atoms with Crippen LogP contribution in [0.5, 0.6) is 0 Å². The fraction of sp³-hybridized carbons (Fsp3) is 0.167. The van der Waals surface area contributed by atoms with Crippen molar-refractivity contribution >= 4 is 39.2 Å². The highest BCUT2D eigenvalue weighted by molar-refractivity contribution is 7.17. The van der Waals surface area contributed by atoms with E-state index in [4.69, 9.17) is 4.74 Å². The summed E-state index contributed by atoms with van der Waals surface area (Å²) in [6.45, 7) is 5.24. The summed E-state index contributed by atoms with van der Waals surface area (Å²) < 4.78 is 20.5. The second-order valence-corrected chi connectivity index (χ2v) is 6.54. The third-order valence-electron chi connectivity index (χ3n) is 3.80. The highest BCUT2D eigenvalue weighted by Gasteiger charge is 2.20. The number of nitrogens with zero attached hydrogens (tertiary/aromatic N) is 2. The number of rotatable bonds is 5. The summed E-state index contributed by atoms with van der Waals surface area (Å²) in [5.74, 6) is -1.36. The number of halogens is 1. The number of nitrogens with one attached hydrogen (secondary N) is 1. The zero-order valence-electron chi connectivity index (χ0n) is 14.2. The molecule has 0 spiro atoms. The summed E-state index contributed by atoms with van der Waals surface area (Å²) in [6, 6.07) is 6.15. The average molecular weight is 373 g/mol. The van der Waals surface area contributed by atoms with Crippen LogP contribution in [0.3, 0.4) is 0 Å². The van der Waals surface area contributed by atoms with Gasteiger partial charge in [-0.05, 0) is 25.1 Å². The third-order valence-corrected chi connectivity index (χ3v) is 4.85. The van der Waals surface area contributed by atoms with Crippen LogP contribution < -0.4 is 5.32 Å². The Morgan fingerprint density at radius 2 is 2.23 bits per heavy atom. The quantitative estimate of drug-likeness (QED) is 0.547. The molecule has 6 nitrogen and oxygen atoms in total. The van der Waals surface area contributed by atoms with Gasteiger partial charge in [0, 0.05) is 12.4 Å². The van der Waals surface area contributed by atoms with Crippen LogP contribution in [-0.4, -0.2) is 28.0 Å². The minimum Gasteiger partial charge on any atom is -0.457 e. The molecule has 134 valence electrons. The lowest BCUT2D eigenvalue weighted by Crippen LogP contribution is -2.15. The molecule has 2 aromatic heterocycles. The summed E-state index contributed by atoms with van der Waals surface area (Å²) in [7, 11) is 1.68. The summed E-state index contributed by atoms with van der Waals surface area (Å²) in [5.41, 5.74) is 1.36. The van der Waals surface area contributed by atoms with Gasteiger partial charge in [-0.2, -0.15) is 0 Å². The molecule has 26 heavy (non-hydrogen) atoms. The molecule has 3 rings (SSSR count). The van der Waals surface area contributed by atoms with E-state index in [-0.39, 0.29) is 17.4 Å². The zero-order chi connectivity index (χ0) is 18.8. The molecule has 0 radical (unpaired) electrons. The number of thiazole rings is 1. The van der Waals surface area contributed by atoms with Gasteiger partial charge in [0.1, 0.15) is 23.0 Å². The van der Waals surface area contributed by atoms with Crippen molar-refractivity contribution in [1.29, 1.82) is 0 Å². The number of benzene rings is 1. The van der Waals surface area contributed by atoms with Crippen molar-refractivity contribution in [2.75, 3.05) is 11.9 Å². The van der Waals surface area contributed by atoms with E-state index in [2.05, 4.69) is 16.9 Å². The fourth-order valence-corrected chi connectivity index (χ4v) is 3.40. The molecular formula is C18H16FN3O3S.